The predicted molar refractivity (Wildman–Crippen MR) is 89.2 cm³/mol. The van der Waals surface area contributed by atoms with Crippen LogP contribution < -0.4 is 0 Å². The van der Waals surface area contributed by atoms with Gasteiger partial charge < -0.3 is 0 Å². The third kappa shape index (κ3) is 1.89. The minimum atomic E-state index is -3.41. The van der Waals surface area contributed by atoms with Gasteiger partial charge in [-0.1, -0.05) is 18.2 Å². The number of aliphatic imine (C=N–C) groups is 1. The molecule has 0 spiro atoms. The Hall–Kier alpha value is -2.13. The highest BCUT2D eigenvalue weighted by atomic mass is 32.2. The van der Waals surface area contributed by atoms with Crippen LogP contribution in [0.15, 0.2) is 29.3 Å². The van der Waals surface area contributed by atoms with Crippen LogP contribution in [0.5, 0.6) is 0 Å². The molecular weight excluding hydrogens is 310 g/mol. The number of fused-ring (bicyclic) bond motifs is 5. The van der Waals surface area contributed by atoms with Crippen molar-refractivity contribution < 1.29 is 8.42 Å². The van der Waals surface area contributed by atoms with Crippen molar-refractivity contribution in [1.29, 1.82) is 5.26 Å². The quantitative estimate of drug-likeness (QED) is 0.807. The van der Waals surface area contributed by atoms with Crippen molar-refractivity contribution in [2.75, 3.05) is 12.8 Å². The predicted octanol–water partition coefficient (Wildman–Crippen LogP) is 2.49. The highest BCUT2D eigenvalue weighted by Gasteiger charge is 2.45. The summed E-state index contributed by atoms with van der Waals surface area (Å²) in [5.74, 6) is 0. The van der Waals surface area contributed by atoms with Crippen LogP contribution in [0.2, 0.25) is 0 Å². The maximum absolute atomic E-state index is 12.3. The van der Waals surface area contributed by atoms with Crippen molar-refractivity contribution in [2.45, 2.75) is 25.7 Å². The van der Waals surface area contributed by atoms with Crippen LogP contribution in [0.1, 0.15) is 30.5 Å². The van der Waals surface area contributed by atoms with Gasteiger partial charge in [-0.3, -0.25) is 4.99 Å². The molecule has 2 aliphatic rings. The average molecular weight is 327 g/mol. The monoisotopic (exact) mass is 327 g/mol. The highest BCUT2D eigenvalue weighted by molar-refractivity contribution is 7.89. The Morgan fingerprint density at radius 1 is 1.30 bits per heavy atom. The van der Waals surface area contributed by atoms with E-state index in [0.29, 0.717) is 24.9 Å². The van der Waals surface area contributed by atoms with Gasteiger partial charge in [0, 0.05) is 23.2 Å². The molecule has 0 N–H and O–H groups in total. The second kappa shape index (κ2) is 4.68. The second-order valence-corrected chi connectivity index (χ2v) is 8.23. The molecule has 6 heteroatoms. The lowest BCUT2D eigenvalue weighted by Crippen LogP contribution is -2.38. The van der Waals surface area contributed by atoms with Gasteiger partial charge in [-0.15, -0.1) is 0 Å². The fourth-order valence-corrected chi connectivity index (χ4v) is 5.13. The third-order valence-corrected chi connectivity index (χ3v) is 6.06. The first-order valence-corrected chi connectivity index (χ1v) is 9.62. The standard InChI is InChI=1S/C17H17N3O2S/c1-23(21,22)20-13-6-3-2-5-12(13)15-14(20)7-9-17(11-18)8-4-10-19-16(15)17/h2-3,5-6H,4,7-10H2,1H3/t17-/m0/s1. The summed E-state index contributed by atoms with van der Waals surface area (Å²) in [5, 5.41) is 10.7. The van der Waals surface area contributed by atoms with E-state index in [4.69, 9.17) is 0 Å². The molecule has 23 heavy (non-hydrogen) atoms. The van der Waals surface area contributed by atoms with Crippen LogP contribution in [0.3, 0.4) is 0 Å². The van der Waals surface area contributed by atoms with Crippen molar-refractivity contribution in [2.24, 2.45) is 10.4 Å². The summed E-state index contributed by atoms with van der Waals surface area (Å²) in [6, 6.07) is 9.99. The van der Waals surface area contributed by atoms with Gasteiger partial charge in [0.05, 0.1) is 29.0 Å². The zero-order valence-corrected chi connectivity index (χ0v) is 13.7. The number of benzene rings is 1. The highest BCUT2D eigenvalue weighted by Crippen LogP contribution is 2.45. The SMILES string of the molecule is CS(=O)(=O)n1c2c(c3ccccc31)C1=NCCC[C@@]1(C#N)CC2. The van der Waals surface area contributed by atoms with Gasteiger partial charge in [0.15, 0.2) is 0 Å². The topological polar surface area (TPSA) is 75.2 Å². The van der Waals surface area contributed by atoms with E-state index in [2.05, 4.69) is 11.1 Å². The van der Waals surface area contributed by atoms with Gasteiger partial charge in [-0.25, -0.2) is 12.4 Å². The van der Waals surface area contributed by atoms with Crippen molar-refractivity contribution in [3.63, 3.8) is 0 Å². The number of hydrogen-bond acceptors (Lipinski definition) is 4. The molecule has 1 aromatic heterocycles. The molecule has 1 atom stereocenters. The van der Waals surface area contributed by atoms with E-state index < -0.39 is 15.4 Å². The van der Waals surface area contributed by atoms with E-state index in [1.54, 1.807) is 0 Å². The average Bonchev–Trinajstić information content (AvgIpc) is 2.89. The Morgan fingerprint density at radius 3 is 2.83 bits per heavy atom. The molecule has 118 valence electrons. The van der Waals surface area contributed by atoms with Gasteiger partial charge in [0.25, 0.3) is 0 Å². The Labute approximate surface area is 135 Å². The first-order valence-electron chi connectivity index (χ1n) is 7.77. The number of rotatable bonds is 1. The molecule has 0 fully saturated rings. The molecule has 0 saturated carbocycles. The van der Waals surface area contributed by atoms with E-state index in [9.17, 15) is 13.7 Å². The summed E-state index contributed by atoms with van der Waals surface area (Å²) < 4.78 is 26.1. The smallest absolute Gasteiger partial charge is 0.236 e. The van der Waals surface area contributed by atoms with Crippen molar-refractivity contribution in [1.82, 2.24) is 3.97 Å². The number of aromatic nitrogens is 1. The molecule has 1 aliphatic heterocycles. The molecule has 0 saturated heterocycles. The maximum Gasteiger partial charge on any atom is 0.236 e. The Morgan fingerprint density at radius 2 is 2.09 bits per heavy atom. The minimum Gasteiger partial charge on any atom is -0.287 e. The zero-order valence-electron chi connectivity index (χ0n) is 12.9. The van der Waals surface area contributed by atoms with Crippen molar-refractivity contribution in [3.8, 4) is 6.07 Å². The van der Waals surface area contributed by atoms with Crippen LogP contribution >= 0.6 is 0 Å². The van der Waals surface area contributed by atoms with Crippen molar-refractivity contribution >= 4 is 26.6 Å². The van der Waals surface area contributed by atoms with Crippen molar-refractivity contribution in [3.05, 3.63) is 35.5 Å². The van der Waals surface area contributed by atoms with E-state index in [0.717, 1.165) is 35.2 Å². The summed E-state index contributed by atoms with van der Waals surface area (Å²) in [6.07, 6.45) is 4.18. The van der Waals surface area contributed by atoms with Crippen LogP contribution in [0, 0.1) is 16.7 Å². The van der Waals surface area contributed by atoms with Gasteiger partial charge in [-0.05, 0) is 31.7 Å². The van der Waals surface area contributed by atoms with E-state index in [1.165, 1.54) is 10.2 Å². The molecule has 5 nitrogen and oxygen atoms in total. The summed E-state index contributed by atoms with van der Waals surface area (Å²) in [6.45, 7) is 0.705. The van der Waals surface area contributed by atoms with E-state index in [1.807, 2.05) is 24.3 Å². The van der Waals surface area contributed by atoms with Gasteiger partial charge in [0.1, 0.15) is 0 Å². The molecule has 2 heterocycles. The Bertz CT molecular complexity index is 995. The first-order chi connectivity index (χ1) is 11.0. The lowest BCUT2D eigenvalue weighted by Gasteiger charge is -2.35. The minimum absolute atomic E-state index is 0.558. The fourth-order valence-electron chi connectivity index (χ4n) is 4.03. The van der Waals surface area contributed by atoms with Gasteiger partial charge in [-0.2, -0.15) is 5.26 Å². The summed E-state index contributed by atoms with van der Waals surface area (Å²) in [4.78, 5) is 4.67. The lowest BCUT2D eigenvalue weighted by atomic mass is 9.68. The van der Waals surface area contributed by atoms with E-state index in [-0.39, 0.29) is 0 Å². The Balaban J connectivity index is 2.15. The number of para-hydroxylation sites is 1. The van der Waals surface area contributed by atoms with E-state index >= 15 is 0 Å². The number of nitriles is 1. The van der Waals surface area contributed by atoms with Gasteiger partial charge >= 0.3 is 0 Å². The second-order valence-electron chi connectivity index (χ2n) is 6.39. The lowest BCUT2D eigenvalue weighted by molar-refractivity contribution is 0.418. The maximum atomic E-state index is 12.3. The van der Waals surface area contributed by atoms with Gasteiger partial charge in [0.2, 0.25) is 10.0 Å². The first kappa shape index (κ1) is 14.5. The van der Waals surface area contributed by atoms with Crippen LogP contribution in [0.25, 0.3) is 10.9 Å². The van der Waals surface area contributed by atoms with Crippen LogP contribution in [-0.4, -0.2) is 30.9 Å². The third-order valence-electron chi connectivity index (χ3n) is 4.98. The zero-order chi connectivity index (χ0) is 16.2. The molecule has 2 aromatic rings. The molecule has 0 unspecified atom stereocenters. The molecule has 0 bridgehead atoms. The Kier molecular flexibility index (Phi) is 2.94. The molecule has 0 radical (unpaired) electrons. The number of nitrogens with zero attached hydrogens (tertiary/aromatic N) is 3. The summed E-state index contributed by atoms with van der Waals surface area (Å²) in [5.41, 5.74) is 2.57. The normalized spacial score (nSPS) is 23.7. The molecule has 1 aromatic carbocycles. The largest absolute Gasteiger partial charge is 0.287 e. The number of hydrogen-bond donors (Lipinski definition) is 0. The molecule has 0 amide bonds. The molecule has 4 rings (SSSR count). The molecular formula is C17H17N3O2S. The summed E-state index contributed by atoms with van der Waals surface area (Å²) in [7, 11) is -3.41. The van der Waals surface area contributed by atoms with Crippen LogP contribution in [0.4, 0.5) is 0 Å². The van der Waals surface area contributed by atoms with Crippen LogP contribution in [-0.2, 0) is 16.4 Å². The molecule has 1 aliphatic carbocycles. The fraction of sp³-hybridized carbons (Fsp3) is 0.412. The summed E-state index contributed by atoms with van der Waals surface area (Å²) >= 11 is 0.